The molecule has 8 N–H and O–H groups in total. The highest BCUT2D eigenvalue weighted by molar-refractivity contribution is 6.11. The van der Waals surface area contributed by atoms with Gasteiger partial charge in [-0.15, -0.1) is 0 Å². The lowest BCUT2D eigenvalue weighted by Crippen LogP contribution is -2.36. The number of ether oxygens (including phenoxy) is 2. The van der Waals surface area contributed by atoms with Crippen LogP contribution in [0.2, 0.25) is 0 Å². The lowest BCUT2D eigenvalue weighted by Gasteiger charge is -2.28. The molecule has 8 aromatic carbocycles. The van der Waals surface area contributed by atoms with Crippen LogP contribution < -0.4 is 30.7 Å². The molecule has 0 radical (unpaired) electrons. The number of carbonyl (C=O) groups excluding carboxylic acids is 4. The summed E-state index contributed by atoms with van der Waals surface area (Å²) in [6, 6.07) is 51.0. The van der Waals surface area contributed by atoms with E-state index in [9.17, 15) is 58.8 Å². The summed E-state index contributed by atoms with van der Waals surface area (Å²) in [5.41, 5.74) is 6.63. The van der Waals surface area contributed by atoms with E-state index in [1.165, 1.54) is 48.6 Å². The zero-order valence-corrected chi connectivity index (χ0v) is 52.0. The van der Waals surface area contributed by atoms with Crippen molar-refractivity contribution in [1.82, 2.24) is 0 Å². The van der Waals surface area contributed by atoms with E-state index in [0.29, 0.717) is 33.9 Å². The van der Waals surface area contributed by atoms with Crippen LogP contribution in [-0.2, 0) is 30.0 Å². The molecule has 0 heterocycles. The Labute approximate surface area is 541 Å². The number of aryl methyl sites for hydroxylation is 2. The van der Waals surface area contributed by atoms with Crippen molar-refractivity contribution in [2.24, 2.45) is 23.7 Å². The predicted octanol–water partition coefficient (Wildman–Crippen LogP) is 14.1. The van der Waals surface area contributed by atoms with Crippen molar-refractivity contribution >= 4 is 70.3 Å². The van der Waals surface area contributed by atoms with Crippen LogP contribution in [0, 0.1) is 37.5 Å². The van der Waals surface area contributed by atoms with Crippen LogP contribution in [0.25, 0.3) is 11.1 Å². The highest BCUT2D eigenvalue weighted by atomic mass is 16.5. The average Bonchev–Trinajstić information content (AvgIpc) is 0.799. The van der Waals surface area contributed by atoms with Gasteiger partial charge in [0.05, 0.1) is 39.7 Å². The third kappa shape index (κ3) is 14.2. The third-order valence-corrected chi connectivity index (χ3v) is 16.9. The Morgan fingerprint density at radius 2 is 0.713 bits per heavy atom. The Balaban J connectivity index is 0.816. The highest BCUT2D eigenvalue weighted by Gasteiger charge is 2.41. The molecule has 8 aromatic rings. The Morgan fingerprint density at radius 3 is 1.03 bits per heavy atom. The number of anilines is 4. The number of hydrogen-bond donors (Lipinski definition) is 8. The zero-order valence-electron chi connectivity index (χ0n) is 52.0. The van der Waals surface area contributed by atoms with Crippen LogP contribution in [0.5, 0.6) is 11.5 Å². The maximum atomic E-state index is 14.2. The summed E-state index contributed by atoms with van der Waals surface area (Å²) in [5.74, 6) is -12.8. The number of allylic oxidation sites excluding steroid dienone is 4. The maximum absolute atomic E-state index is 14.2. The molecule has 0 spiro atoms. The van der Waals surface area contributed by atoms with Crippen molar-refractivity contribution in [3.63, 3.8) is 0 Å². The maximum Gasteiger partial charge on any atom is 0.336 e. The summed E-state index contributed by atoms with van der Waals surface area (Å²) in [5, 5.41) is 52.1. The van der Waals surface area contributed by atoms with Crippen LogP contribution in [0.15, 0.2) is 230 Å². The first kappa shape index (κ1) is 65.0. The van der Waals surface area contributed by atoms with Crippen LogP contribution >= 0.6 is 0 Å². The highest BCUT2D eigenvalue weighted by Crippen LogP contribution is 2.45. The smallest absolute Gasteiger partial charge is 0.336 e. The van der Waals surface area contributed by atoms with Crippen LogP contribution in [0.4, 0.5) is 22.7 Å². The van der Waals surface area contributed by atoms with Crippen LogP contribution in [0.1, 0.15) is 103 Å². The molecule has 18 nitrogen and oxygen atoms in total. The van der Waals surface area contributed by atoms with E-state index < -0.39 is 82.0 Å². The first-order valence-corrected chi connectivity index (χ1v) is 30.0. The minimum absolute atomic E-state index is 0.0295. The Kier molecular flexibility index (Phi) is 18.9. The molecule has 4 amide bonds. The quantitative estimate of drug-likeness (QED) is 0.0332. The summed E-state index contributed by atoms with van der Waals surface area (Å²) in [7, 11) is 0. The van der Waals surface area contributed by atoms with Crippen LogP contribution in [-0.4, -0.2) is 67.9 Å². The normalized spacial score (nSPS) is 15.9. The fourth-order valence-corrected chi connectivity index (χ4v) is 11.7. The lowest BCUT2D eigenvalue weighted by atomic mass is 9.78. The molecule has 18 heteroatoms. The molecular formula is C76H66N4O14. The van der Waals surface area contributed by atoms with Gasteiger partial charge in [0.2, 0.25) is 11.8 Å². The molecule has 10 rings (SSSR count). The second kappa shape index (κ2) is 27.3. The van der Waals surface area contributed by atoms with Gasteiger partial charge < -0.3 is 51.2 Å². The minimum atomic E-state index is -1.51. The van der Waals surface area contributed by atoms with Gasteiger partial charge in [-0.1, -0.05) is 160 Å². The second-order valence-corrected chi connectivity index (χ2v) is 23.9. The number of nitrogens with one attached hydrogen (secondary N) is 4. The van der Waals surface area contributed by atoms with Gasteiger partial charge in [-0.2, -0.15) is 0 Å². The van der Waals surface area contributed by atoms with Crippen molar-refractivity contribution in [3.05, 3.63) is 286 Å². The first-order valence-electron chi connectivity index (χ1n) is 30.0. The van der Waals surface area contributed by atoms with Crippen molar-refractivity contribution in [2.75, 3.05) is 21.3 Å². The average molecular weight is 1260 g/mol. The molecule has 0 aliphatic heterocycles. The van der Waals surface area contributed by atoms with E-state index in [-0.39, 0.29) is 45.3 Å². The molecule has 0 saturated heterocycles. The topological polar surface area (TPSA) is 284 Å². The lowest BCUT2D eigenvalue weighted by molar-refractivity contribution is -0.145. The number of rotatable bonds is 21. The molecule has 0 aromatic heterocycles. The number of hydrogen-bond acceptors (Lipinski definition) is 10. The Bertz CT molecular complexity index is 4170. The summed E-state index contributed by atoms with van der Waals surface area (Å²) < 4.78 is 13.2. The molecule has 0 bridgehead atoms. The Hall–Kier alpha value is -11.9. The summed E-state index contributed by atoms with van der Waals surface area (Å²) in [6.07, 6.45) is 9.01. The monoisotopic (exact) mass is 1260 g/mol. The van der Waals surface area contributed by atoms with Crippen molar-refractivity contribution in [3.8, 4) is 22.6 Å². The van der Waals surface area contributed by atoms with Gasteiger partial charge in [0.1, 0.15) is 34.9 Å². The molecule has 0 fully saturated rings. The fourth-order valence-electron chi connectivity index (χ4n) is 11.7. The van der Waals surface area contributed by atoms with Gasteiger partial charge in [-0.3, -0.25) is 28.8 Å². The summed E-state index contributed by atoms with van der Waals surface area (Å²) >= 11 is 0. The number of carboxylic acid groups (broad SMARTS) is 4. The number of aliphatic carboxylic acids is 2. The van der Waals surface area contributed by atoms with E-state index in [1.807, 2.05) is 108 Å². The predicted molar refractivity (Wildman–Crippen MR) is 356 cm³/mol. The summed E-state index contributed by atoms with van der Waals surface area (Å²) in [6.45, 7) is 11.8. The van der Waals surface area contributed by atoms with E-state index in [2.05, 4.69) is 21.3 Å². The van der Waals surface area contributed by atoms with Crippen molar-refractivity contribution < 1.29 is 68.3 Å². The molecule has 4 unspecified atom stereocenters. The SMILES string of the molecule is Cc1cc(C)cc(-c2c(OC3=CC=CC(C(=O)Nc4ccc(C(C)(C)c5ccc(NC(=O)c6ccccc6C(=O)O)cc5)cc4)C3C(=O)O)cccc2OC2=CC=CC(C(=O)Nc3ccc(C(C)(C)c4ccc(NC(=O)c5ccccc5C(=O)O)cc4)cc3)C2C(=O)O)c1. The van der Waals surface area contributed by atoms with Crippen molar-refractivity contribution in [1.29, 1.82) is 0 Å². The molecule has 0 saturated carbocycles. The molecule has 4 atom stereocenters. The van der Waals surface area contributed by atoms with Gasteiger partial charge in [0, 0.05) is 33.6 Å². The van der Waals surface area contributed by atoms with Gasteiger partial charge in [0.25, 0.3) is 11.8 Å². The van der Waals surface area contributed by atoms with E-state index in [4.69, 9.17) is 9.47 Å². The minimum Gasteiger partial charge on any atom is -0.481 e. The molecular weight excluding hydrogens is 1190 g/mol. The number of carbonyl (C=O) groups is 8. The standard InChI is InChI=1S/C76H66N4O14/c1-43-40-44(2)42-45(41-43)64-60(93-62-20-11-18-58(65(62)73(89)90)69(83)79-52-36-28-48(29-37-52)75(3,4)46-24-32-50(33-25-46)77-67(81)54-14-7-9-16-56(54)71(85)86)22-13-23-61(64)94-63-21-12-19-59(66(63)74(91)92)70(84)80-53-38-30-49(31-39-53)76(5,6)47-26-34-51(35-27-47)78-68(82)55-15-8-10-17-57(55)72(87)88/h7-42,58-59,65-66H,1-6H3,(H,77,81)(H,78,82)(H,79,83)(H,80,84)(H,85,86)(H,87,88)(H,89,90)(H,91,92). The van der Waals surface area contributed by atoms with Crippen LogP contribution in [0.3, 0.4) is 0 Å². The van der Waals surface area contributed by atoms with Crippen molar-refractivity contribution in [2.45, 2.75) is 52.4 Å². The van der Waals surface area contributed by atoms with E-state index in [0.717, 1.165) is 33.4 Å². The van der Waals surface area contributed by atoms with E-state index in [1.54, 1.807) is 103 Å². The molecule has 474 valence electrons. The van der Waals surface area contributed by atoms with Gasteiger partial charge in [0.15, 0.2) is 0 Å². The van der Waals surface area contributed by atoms with Gasteiger partial charge in [-0.25, -0.2) is 9.59 Å². The third-order valence-electron chi connectivity index (χ3n) is 16.9. The second-order valence-electron chi connectivity index (χ2n) is 23.9. The van der Waals surface area contributed by atoms with Gasteiger partial charge >= 0.3 is 23.9 Å². The Morgan fingerprint density at radius 1 is 0.394 bits per heavy atom. The fraction of sp³-hybridized carbons (Fsp3) is 0.158. The number of benzene rings is 8. The largest absolute Gasteiger partial charge is 0.481 e. The molecule has 94 heavy (non-hydrogen) atoms. The van der Waals surface area contributed by atoms with E-state index >= 15 is 0 Å². The molecule has 2 aliphatic rings. The van der Waals surface area contributed by atoms with Gasteiger partial charge in [-0.05, 0) is 139 Å². The first-order chi connectivity index (χ1) is 44.9. The molecule has 2 aliphatic carbocycles. The number of carboxylic acids is 4. The zero-order chi connectivity index (χ0) is 67.2. The number of aromatic carboxylic acids is 2. The number of amides is 4. The summed E-state index contributed by atoms with van der Waals surface area (Å²) in [4.78, 5) is 105.